The Morgan fingerprint density at radius 1 is 0.581 bits per heavy atom. The number of hydrogen-bond donors (Lipinski definition) is 0. The van der Waals surface area contributed by atoms with Gasteiger partial charge in [-0.3, -0.25) is 0 Å². The summed E-state index contributed by atoms with van der Waals surface area (Å²) in [7, 11) is -2.80. The fourth-order valence-electron chi connectivity index (χ4n) is 5.45. The molecule has 154 valence electrons. The summed E-state index contributed by atoms with van der Waals surface area (Å²) in [6.45, 7) is 19.9. The van der Waals surface area contributed by atoms with E-state index in [1.54, 1.807) is 21.5 Å². The summed E-state index contributed by atoms with van der Waals surface area (Å²) in [5.41, 5.74) is 6.26. The van der Waals surface area contributed by atoms with E-state index in [4.69, 9.17) is 0 Å². The van der Waals surface area contributed by atoms with Crippen LogP contribution in [0.2, 0.25) is 39.3 Å². The third-order valence-corrected chi connectivity index (χ3v) is 11.2. The second-order valence-corrected chi connectivity index (χ2v) is 21.7. The molecule has 2 aliphatic rings. The Bertz CT molecular complexity index is 939. The second-order valence-electron chi connectivity index (χ2n) is 11.6. The van der Waals surface area contributed by atoms with E-state index in [-0.39, 0.29) is 43.1 Å². The van der Waals surface area contributed by atoms with Gasteiger partial charge in [-0.1, -0.05) is 124 Å². The zero-order valence-corrected chi connectivity index (χ0v) is 23.4. The summed E-state index contributed by atoms with van der Waals surface area (Å²) in [4.78, 5) is 0. The molecule has 4 heteroatoms. The molecule has 2 unspecified atom stereocenters. The molecule has 2 aromatic rings. The van der Waals surface area contributed by atoms with Crippen molar-refractivity contribution in [1.82, 2.24) is 0 Å². The molecule has 2 atom stereocenters. The molecule has 0 heterocycles. The summed E-state index contributed by atoms with van der Waals surface area (Å²) < 4.78 is 0. The molecule has 0 aromatic heterocycles. The topological polar surface area (TPSA) is 0 Å². The van der Waals surface area contributed by atoms with Crippen LogP contribution in [0.5, 0.6) is 0 Å². The first kappa shape index (κ1) is 26.8. The summed E-state index contributed by atoms with van der Waals surface area (Å²) >= 11 is 0. The maximum Gasteiger partial charge on any atom is 0.0780 e. The van der Waals surface area contributed by atoms with E-state index < -0.39 is 16.1 Å². The van der Waals surface area contributed by atoms with Crippen molar-refractivity contribution >= 4 is 64.3 Å². The Labute approximate surface area is 216 Å². The standard InChI is InChI=1S/C27H36Si2.2Li/c1-27(2,23-17-25(28(3,4)5)21-15-11-9-13-19(21)23)24-18-26(29(6,7)8)22-16-12-10-14-20(22)24;;/h9-18,23-24H,1-8H3;;. The molecule has 31 heavy (non-hydrogen) atoms. The Balaban J connectivity index is 0.00000171. The van der Waals surface area contributed by atoms with Gasteiger partial charge < -0.3 is 0 Å². The molecule has 4 rings (SSSR count). The maximum absolute atomic E-state index is 2.65. The fourth-order valence-corrected chi connectivity index (χ4v) is 8.86. The third kappa shape index (κ3) is 4.64. The fraction of sp³-hybridized carbons (Fsp3) is 0.407. The van der Waals surface area contributed by atoms with Gasteiger partial charge in [-0.25, -0.2) is 0 Å². The van der Waals surface area contributed by atoms with Crippen LogP contribution in [0.3, 0.4) is 0 Å². The van der Waals surface area contributed by atoms with Gasteiger partial charge in [0.1, 0.15) is 0 Å². The first-order chi connectivity index (χ1) is 13.4. The van der Waals surface area contributed by atoms with Crippen molar-refractivity contribution in [3.63, 3.8) is 0 Å². The molecule has 2 aliphatic carbocycles. The molecule has 0 aliphatic heterocycles. The van der Waals surface area contributed by atoms with Crippen LogP contribution in [0.4, 0.5) is 0 Å². The summed E-state index contributed by atoms with van der Waals surface area (Å²) in [5, 5.41) is 3.29. The monoisotopic (exact) mass is 430 g/mol. The number of rotatable bonds is 4. The van der Waals surface area contributed by atoms with Crippen LogP contribution in [0.1, 0.15) is 47.9 Å². The van der Waals surface area contributed by atoms with Crippen LogP contribution >= 0.6 is 0 Å². The molecule has 0 saturated carbocycles. The van der Waals surface area contributed by atoms with Crippen LogP contribution in [0.15, 0.2) is 60.7 Å². The average molecular weight is 431 g/mol. The van der Waals surface area contributed by atoms with Gasteiger partial charge >= 0.3 is 0 Å². The summed E-state index contributed by atoms with van der Waals surface area (Å²) in [5.74, 6) is 0.937. The Hall–Kier alpha value is -0.451. The minimum Gasteiger partial charge on any atom is -0.0766 e. The van der Waals surface area contributed by atoms with E-state index in [1.165, 1.54) is 11.1 Å². The predicted molar refractivity (Wildman–Crippen MR) is 146 cm³/mol. The normalized spacial score (nSPS) is 20.1. The van der Waals surface area contributed by atoms with Crippen molar-refractivity contribution in [2.24, 2.45) is 5.41 Å². The van der Waals surface area contributed by atoms with E-state index in [1.807, 2.05) is 0 Å². The van der Waals surface area contributed by atoms with Crippen LogP contribution in [-0.2, 0) is 0 Å². The van der Waals surface area contributed by atoms with E-state index >= 15 is 0 Å². The van der Waals surface area contributed by atoms with Crippen LogP contribution in [-0.4, -0.2) is 53.9 Å². The van der Waals surface area contributed by atoms with Gasteiger partial charge in [0.25, 0.3) is 0 Å². The van der Waals surface area contributed by atoms with Gasteiger partial charge in [0.15, 0.2) is 0 Å². The minimum atomic E-state index is -1.40. The van der Waals surface area contributed by atoms with Crippen LogP contribution in [0, 0.1) is 5.41 Å². The average Bonchev–Trinajstić information content (AvgIpc) is 3.21. The predicted octanol–water partition coefficient (Wildman–Crippen LogP) is 7.37. The molecule has 0 fully saturated rings. The first-order valence-electron chi connectivity index (χ1n) is 11.1. The molecule has 2 radical (unpaired) electrons. The number of allylic oxidation sites excluding steroid dienone is 2. The van der Waals surface area contributed by atoms with Gasteiger partial charge in [-0.2, -0.15) is 0 Å². The Kier molecular flexibility index (Phi) is 7.83. The van der Waals surface area contributed by atoms with Gasteiger partial charge in [-0.05, 0) is 27.7 Å². The first-order valence-corrected chi connectivity index (χ1v) is 18.1. The maximum atomic E-state index is 2.65. The SMILES string of the molecule is CC(C)(C1C=C([Si](C)(C)C)c2ccccc21)C1C=C([Si](C)(C)C)c2ccccc21.[Li].[Li]. The summed E-state index contributed by atoms with van der Waals surface area (Å²) in [6.07, 6.45) is 5.31. The largest absolute Gasteiger partial charge is 0.0780 e. The zero-order valence-electron chi connectivity index (χ0n) is 21.4. The number of fused-ring (bicyclic) bond motifs is 2. The molecule has 0 N–H and O–H groups in total. The molecule has 0 spiro atoms. The summed E-state index contributed by atoms with van der Waals surface area (Å²) in [6, 6.07) is 18.4. The number of benzene rings is 2. The van der Waals surface area contributed by atoms with E-state index in [0.717, 1.165) is 0 Å². The zero-order chi connectivity index (χ0) is 21.2. The molecule has 0 nitrogen and oxygen atoms in total. The molecule has 2 aromatic carbocycles. The quantitative estimate of drug-likeness (QED) is 0.444. The molecular weight excluding hydrogens is 394 g/mol. The van der Waals surface area contributed by atoms with Crippen molar-refractivity contribution in [1.29, 1.82) is 0 Å². The number of hydrogen-bond acceptors (Lipinski definition) is 0. The molecule has 0 saturated heterocycles. The van der Waals surface area contributed by atoms with Crippen molar-refractivity contribution in [3.8, 4) is 0 Å². The van der Waals surface area contributed by atoms with E-state index in [2.05, 4.69) is 114 Å². The smallest absolute Gasteiger partial charge is 0.0766 e. The minimum absolute atomic E-state index is 0. The van der Waals surface area contributed by atoms with Gasteiger partial charge in [0, 0.05) is 49.6 Å². The Morgan fingerprint density at radius 3 is 1.23 bits per heavy atom. The van der Waals surface area contributed by atoms with Gasteiger partial charge in [-0.15, -0.1) is 0 Å². The molecular formula is C27H36Li2Si2. The third-order valence-electron chi connectivity index (χ3n) is 7.06. The van der Waals surface area contributed by atoms with Gasteiger partial charge in [0.05, 0.1) is 16.1 Å². The second kappa shape index (κ2) is 9.06. The van der Waals surface area contributed by atoms with E-state index in [0.29, 0.717) is 11.8 Å². The van der Waals surface area contributed by atoms with Crippen molar-refractivity contribution < 1.29 is 0 Å². The van der Waals surface area contributed by atoms with Crippen molar-refractivity contribution in [2.45, 2.75) is 65.0 Å². The Morgan fingerprint density at radius 2 is 0.903 bits per heavy atom. The van der Waals surface area contributed by atoms with E-state index in [9.17, 15) is 0 Å². The van der Waals surface area contributed by atoms with Crippen LogP contribution in [0.25, 0.3) is 10.4 Å². The van der Waals surface area contributed by atoms with Crippen LogP contribution < -0.4 is 0 Å². The van der Waals surface area contributed by atoms with Crippen molar-refractivity contribution in [2.75, 3.05) is 0 Å². The molecule has 0 bridgehead atoms. The molecule has 0 amide bonds. The van der Waals surface area contributed by atoms with Crippen molar-refractivity contribution in [3.05, 3.63) is 82.9 Å². The van der Waals surface area contributed by atoms with Gasteiger partial charge in [0.2, 0.25) is 0 Å².